The van der Waals surface area contributed by atoms with Gasteiger partial charge in [-0.1, -0.05) is 0 Å². The molecule has 0 radical (unpaired) electrons. The molecule has 0 saturated heterocycles. The van der Waals surface area contributed by atoms with Crippen LogP contribution in [0.15, 0.2) is 0 Å². The van der Waals surface area contributed by atoms with E-state index in [4.69, 9.17) is 18.9 Å². The predicted molar refractivity (Wildman–Crippen MR) is 85.9 cm³/mol. The zero-order chi connectivity index (χ0) is 21.1. The van der Waals surface area contributed by atoms with E-state index in [1.54, 1.807) is 0 Å². The zero-order valence-corrected chi connectivity index (χ0v) is 15.8. The van der Waals surface area contributed by atoms with Gasteiger partial charge in [0.25, 0.3) is 0 Å². The van der Waals surface area contributed by atoms with Crippen LogP contribution >= 0.6 is 0 Å². The molecular weight excluding hydrogens is 368 g/mol. The first-order chi connectivity index (χ1) is 12.4. The molecule has 11 nitrogen and oxygen atoms in total. The summed E-state index contributed by atoms with van der Waals surface area (Å²) in [5.41, 5.74) is 0. The minimum absolute atomic E-state index is 0.537. The highest BCUT2D eigenvalue weighted by molar-refractivity contribution is 5.69. The fraction of sp³-hybridized carbons (Fsp3) is 0.688. The van der Waals surface area contributed by atoms with E-state index in [-0.39, 0.29) is 0 Å². The standard InChI is InChI=1S/C16H24O11/c1-8(17)23-6-13(22)15(26-11(4)20)16(27-12(5)21)14(25-10(3)19)7-24-9(2)18/h13-16,22H,6-7H2,1-5H3. The molecule has 0 aromatic heterocycles. The Labute approximate surface area is 155 Å². The van der Waals surface area contributed by atoms with E-state index in [1.165, 1.54) is 0 Å². The number of carbonyl (C=O) groups excluding carboxylic acids is 5. The Kier molecular flexibility index (Phi) is 10.7. The molecule has 0 rings (SSSR count). The van der Waals surface area contributed by atoms with Crippen molar-refractivity contribution in [1.29, 1.82) is 0 Å². The van der Waals surface area contributed by atoms with Crippen LogP contribution in [0.25, 0.3) is 0 Å². The number of aliphatic hydroxyl groups excluding tert-OH is 1. The van der Waals surface area contributed by atoms with Crippen LogP contribution in [-0.2, 0) is 47.7 Å². The largest absolute Gasteiger partial charge is 0.463 e. The van der Waals surface area contributed by atoms with Gasteiger partial charge in [-0.15, -0.1) is 0 Å². The van der Waals surface area contributed by atoms with E-state index in [1.807, 2.05) is 0 Å². The monoisotopic (exact) mass is 392 g/mol. The molecule has 0 aliphatic carbocycles. The molecule has 27 heavy (non-hydrogen) atoms. The average molecular weight is 392 g/mol. The van der Waals surface area contributed by atoms with Crippen molar-refractivity contribution >= 4 is 29.8 Å². The molecule has 4 unspecified atom stereocenters. The molecule has 0 aliphatic rings. The summed E-state index contributed by atoms with van der Waals surface area (Å²) in [5.74, 6) is -3.93. The molecule has 0 fully saturated rings. The SMILES string of the molecule is CC(=O)OCC(O)C(OC(C)=O)C(OC(C)=O)C(COC(C)=O)OC(C)=O. The number of hydrogen-bond donors (Lipinski definition) is 1. The highest BCUT2D eigenvalue weighted by Gasteiger charge is 2.42. The number of ether oxygens (including phenoxy) is 5. The third-order valence-corrected chi connectivity index (χ3v) is 2.90. The van der Waals surface area contributed by atoms with Crippen LogP contribution in [0.2, 0.25) is 0 Å². The maximum atomic E-state index is 11.5. The molecule has 0 aromatic rings. The van der Waals surface area contributed by atoms with Crippen molar-refractivity contribution < 1.29 is 52.8 Å². The molecular formula is C16H24O11. The number of esters is 5. The van der Waals surface area contributed by atoms with Crippen molar-refractivity contribution in [2.75, 3.05) is 13.2 Å². The van der Waals surface area contributed by atoms with E-state index in [0.29, 0.717) is 0 Å². The van der Waals surface area contributed by atoms with Gasteiger partial charge >= 0.3 is 29.8 Å². The van der Waals surface area contributed by atoms with Crippen LogP contribution in [0.1, 0.15) is 34.6 Å². The second kappa shape index (κ2) is 11.8. The van der Waals surface area contributed by atoms with Crippen molar-refractivity contribution in [3.63, 3.8) is 0 Å². The topological polar surface area (TPSA) is 152 Å². The molecule has 0 aromatic carbocycles. The van der Waals surface area contributed by atoms with Gasteiger partial charge in [-0.05, 0) is 0 Å². The average Bonchev–Trinajstić information content (AvgIpc) is 2.51. The normalized spacial score (nSPS) is 14.7. The number of hydrogen-bond acceptors (Lipinski definition) is 11. The first-order valence-corrected chi connectivity index (χ1v) is 7.90. The van der Waals surface area contributed by atoms with E-state index in [9.17, 15) is 29.1 Å². The minimum Gasteiger partial charge on any atom is -0.463 e. The Balaban J connectivity index is 5.76. The summed E-state index contributed by atoms with van der Waals surface area (Å²) in [4.78, 5) is 56.3. The molecule has 0 bridgehead atoms. The van der Waals surface area contributed by atoms with Gasteiger partial charge < -0.3 is 28.8 Å². The van der Waals surface area contributed by atoms with Gasteiger partial charge in [-0.2, -0.15) is 0 Å². The van der Waals surface area contributed by atoms with Gasteiger partial charge in [-0.3, -0.25) is 24.0 Å². The lowest BCUT2D eigenvalue weighted by Gasteiger charge is -2.33. The first kappa shape index (κ1) is 24.3. The Morgan fingerprint density at radius 2 is 1.04 bits per heavy atom. The van der Waals surface area contributed by atoms with Crippen molar-refractivity contribution in [3.05, 3.63) is 0 Å². The Hall–Kier alpha value is -2.69. The summed E-state index contributed by atoms with van der Waals surface area (Å²) in [6, 6.07) is 0. The van der Waals surface area contributed by atoms with Gasteiger partial charge in [0.1, 0.15) is 19.3 Å². The lowest BCUT2D eigenvalue weighted by atomic mass is 10.0. The maximum absolute atomic E-state index is 11.5. The van der Waals surface area contributed by atoms with Crippen LogP contribution in [-0.4, -0.2) is 72.6 Å². The van der Waals surface area contributed by atoms with Gasteiger partial charge in [0, 0.05) is 34.6 Å². The highest BCUT2D eigenvalue weighted by atomic mass is 16.6. The van der Waals surface area contributed by atoms with E-state index in [0.717, 1.165) is 34.6 Å². The second-order valence-corrected chi connectivity index (χ2v) is 5.47. The number of aliphatic hydroxyl groups is 1. The fourth-order valence-electron chi connectivity index (χ4n) is 2.01. The Morgan fingerprint density at radius 1 is 0.630 bits per heavy atom. The van der Waals surface area contributed by atoms with Gasteiger partial charge in [0.05, 0.1) is 0 Å². The van der Waals surface area contributed by atoms with E-state index in [2.05, 4.69) is 4.74 Å². The summed E-state index contributed by atoms with van der Waals surface area (Å²) in [7, 11) is 0. The molecule has 0 heterocycles. The third kappa shape index (κ3) is 10.8. The molecule has 1 N–H and O–H groups in total. The number of carbonyl (C=O) groups is 5. The van der Waals surface area contributed by atoms with E-state index < -0.39 is 67.5 Å². The van der Waals surface area contributed by atoms with Crippen molar-refractivity contribution in [1.82, 2.24) is 0 Å². The molecule has 0 spiro atoms. The lowest BCUT2D eigenvalue weighted by Crippen LogP contribution is -2.53. The number of rotatable bonds is 10. The first-order valence-electron chi connectivity index (χ1n) is 7.90. The van der Waals surface area contributed by atoms with Crippen LogP contribution in [0.3, 0.4) is 0 Å². The third-order valence-electron chi connectivity index (χ3n) is 2.90. The fourth-order valence-corrected chi connectivity index (χ4v) is 2.01. The van der Waals surface area contributed by atoms with E-state index >= 15 is 0 Å². The summed E-state index contributed by atoms with van der Waals surface area (Å²) in [5, 5.41) is 10.3. The summed E-state index contributed by atoms with van der Waals surface area (Å²) < 4.78 is 24.5. The lowest BCUT2D eigenvalue weighted by molar-refractivity contribution is -0.201. The molecule has 4 atom stereocenters. The molecule has 0 amide bonds. The van der Waals surface area contributed by atoms with Crippen LogP contribution in [0, 0.1) is 0 Å². The van der Waals surface area contributed by atoms with Gasteiger partial charge in [0.2, 0.25) is 0 Å². The molecule has 0 saturated carbocycles. The smallest absolute Gasteiger partial charge is 0.303 e. The summed E-state index contributed by atoms with van der Waals surface area (Å²) in [6.07, 6.45) is -6.14. The van der Waals surface area contributed by atoms with Gasteiger partial charge in [-0.25, -0.2) is 0 Å². The van der Waals surface area contributed by atoms with Crippen molar-refractivity contribution in [3.8, 4) is 0 Å². The molecule has 11 heteroatoms. The quantitative estimate of drug-likeness (QED) is 0.370. The van der Waals surface area contributed by atoms with Crippen LogP contribution < -0.4 is 0 Å². The Bertz CT molecular complexity index is 557. The Morgan fingerprint density at radius 3 is 1.44 bits per heavy atom. The van der Waals surface area contributed by atoms with Crippen molar-refractivity contribution in [2.45, 2.75) is 59.0 Å². The maximum Gasteiger partial charge on any atom is 0.303 e. The second-order valence-electron chi connectivity index (χ2n) is 5.47. The van der Waals surface area contributed by atoms with Crippen LogP contribution in [0.4, 0.5) is 0 Å². The minimum atomic E-state index is -1.63. The zero-order valence-electron chi connectivity index (χ0n) is 15.8. The van der Waals surface area contributed by atoms with Gasteiger partial charge in [0.15, 0.2) is 18.3 Å². The van der Waals surface area contributed by atoms with Crippen molar-refractivity contribution in [2.24, 2.45) is 0 Å². The predicted octanol–water partition coefficient (Wildman–Crippen LogP) is -0.731. The highest BCUT2D eigenvalue weighted by Crippen LogP contribution is 2.18. The summed E-state index contributed by atoms with van der Waals surface area (Å²) >= 11 is 0. The molecule has 0 aliphatic heterocycles. The summed E-state index contributed by atoms with van der Waals surface area (Å²) in [6.45, 7) is 4.19. The molecule has 154 valence electrons. The van der Waals surface area contributed by atoms with Crippen LogP contribution in [0.5, 0.6) is 0 Å².